The molecule has 3 aromatic rings. The summed E-state index contributed by atoms with van der Waals surface area (Å²) in [5, 5.41) is 13.8. The molecule has 0 unspecified atom stereocenters. The summed E-state index contributed by atoms with van der Waals surface area (Å²) in [4.78, 5) is 0. The average Bonchev–Trinajstić information content (AvgIpc) is 2.72. The normalized spacial score (nSPS) is 13.2. The first-order chi connectivity index (χ1) is 12.7. The summed E-state index contributed by atoms with van der Waals surface area (Å²) < 4.78 is 5.79. The molecule has 0 spiro atoms. The van der Waals surface area contributed by atoms with Gasteiger partial charge >= 0.3 is 0 Å². The lowest BCUT2D eigenvalue weighted by atomic mass is 10.1. The van der Waals surface area contributed by atoms with Crippen LogP contribution in [0.3, 0.4) is 0 Å². The van der Waals surface area contributed by atoms with Gasteiger partial charge in [0.1, 0.15) is 12.4 Å². The van der Waals surface area contributed by atoms with E-state index in [0.29, 0.717) is 13.2 Å². The Morgan fingerprint density at radius 3 is 2.08 bits per heavy atom. The minimum absolute atomic E-state index is 0.194. The molecule has 26 heavy (non-hydrogen) atoms. The zero-order valence-corrected chi connectivity index (χ0v) is 15.0. The Morgan fingerprint density at radius 2 is 1.42 bits per heavy atom. The second kappa shape index (κ2) is 9.18. The zero-order chi connectivity index (χ0) is 18.2. The van der Waals surface area contributed by atoms with Crippen molar-refractivity contribution in [2.75, 3.05) is 6.54 Å². The van der Waals surface area contributed by atoms with Crippen LogP contribution in [0.15, 0.2) is 84.9 Å². The van der Waals surface area contributed by atoms with Crippen LogP contribution in [0.2, 0.25) is 0 Å². The molecule has 3 aromatic carbocycles. The predicted molar refractivity (Wildman–Crippen MR) is 105 cm³/mol. The van der Waals surface area contributed by atoms with E-state index in [1.54, 1.807) is 0 Å². The maximum atomic E-state index is 10.4. The lowest BCUT2D eigenvalue weighted by molar-refractivity contribution is 0.170. The minimum atomic E-state index is -0.552. The third kappa shape index (κ3) is 5.19. The Labute approximate surface area is 155 Å². The van der Waals surface area contributed by atoms with Crippen LogP contribution in [0.1, 0.15) is 35.8 Å². The summed E-state index contributed by atoms with van der Waals surface area (Å²) >= 11 is 0. The van der Waals surface area contributed by atoms with Crippen molar-refractivity contribution in [2.45, 2.75) is 25.7 Å². The van der Waals surface area contributed by atoms with Crippen LogP contribution >= 0.6 is 0 Å². The highest BCUT2D eigenvalue weighted by Gasteiger charge is 2.10. The molecule has 3 heteroatoms. The van der Waals surface area contributed by atoms with Crippen LogP contribution < -0.4 is 10.1 Å². The van der Waals surface area contributed by atoms with Crippen molar-refractivity contribution in [2.24, 2.45) is 0 Å². The Bertz CT molecular complexity index is 772. The average molecular weight is 347 g/mol. The highest BCUT2D eigenvalue weighted by molar-refractivity contribution is 5.29. The largest absolute Gasteiger partial charge is 0.489 e. The van der Waals surface area contributed by atoms with Gasteiger partial charge in [-0.2, -0.15) is 0 Å². The number of hydrogen-bond donors (Lipinski definition) is 2. The minimum Gasteiger partial charge on any atom is -0.489 e. The predicted octanol–water partition coefficient (Wildman–Crippen LogP) is 4.65. The molecule has 0 fully saturated rings. The van der Waals surface area contributed by atoms with E-state index in [2.05, 4.69) is 24.4 Å². The molecule has 0 aromatic heterocycles. The van der Waals surface area contributed by atoms with Crippen LogP contribution in [-0.4, -0.2) is 11.7 Å². The molecule has 134 valence electrons. The van der Waals surface area contributed by atoms with Crippen molar-refractivity contribution >= 4 is 0 Å². The molecule has 0 saturated carbocycles. The van der Waals surface area contributed by atoms with E-state index in [9.17, 15) is 5.11 Å². The molecular formula is C23H25NO2. The van der Waals surface area contributed by atoms with Crippen LogP contribution in [0, 0.1) is 0 Å². The molecule has 2 N–H and O–H groups in total. The van der Waals surface area contributed by atoms with Crippen molar-refractivity contribution in [1.29, 1.82) is 0 Å². The van der Waals surface area contributed by atoms with E-state index in [4.69, 9.17) is 4.74 Å². The van der Waals surface area contributed by atoms with Gasteiger partial charge in [-0.15, -0.1) is 0 Å². The van der Waals surface area contributed by atoms with Crippen molar-refractivity contribution in [3.63, 3.8) is 0 Å². The number of hydrogen-bond acceptors (Lipinski definition) is 3. The van der Waals surface area contributed by atoms with E-state index < -0.39 is 6.10 Å². The third-order valence-electron chi connectivity index (χ3n) is 4.43. The summed E-state index contributed by atoms with van der Waals surface area (Å²) in [5.74, 6) is 0.801. The Kier molecular flexibility index (Phi) is 6.42. The molecule has 0 heterocycles. The van der Waals surface area contributed by atoms with Crippen LogP contribution in [0.25, 0.3) is 0 Å². The summed E-state index contributed by atoms with van der Waals surface area (Å²) in [5.41, 5.74) is 3.23. The van der Waals surface area contributed by atoms with Crippen molar-refractivity contribution < 1.29 is 9.84 Å². The first-order valence-electron chi connectivity index (χ1n) is 8.95. The molecule has 3 rings (SSSR count). The smallest absolute Gasteiger partial charge is 0.119 e. The van der Waals surface area contributed by atoms with Gasteiger partial charge < -0.3 is 15.2 Å². The van der Waals surface area contributed by atoms with Crippen LogP contribution in [0.5, 0.6) is 5.75 Å². The van der Waals surface area contributed by atoms with Gasteiger partial charge in [0, 0.05) is 12.6 Å². The van der Waals surface area contributed by atoms with Gasteiger partial charge in [0.05, 0.1) is 6.10 Å². The lowest BCUT2D eigenvalue weighted by Gasteiger charge is -2.18. The number of aliphatic hydroxyl groups excluding tert-OH is 1. The lowest BCUT2D eigenvalue weighted by Crippen LogP contribution is -2.24. The van der Waals surface area contributed by atoms with Gasteiger partial charge in [-0.25, -0.2) is 0 Å². The van der Waals surface area contributed by atoms with E-state index in [-0.39, 0.29) is 6.04 Å². The number of nitrogens with one attached hydrogen (secondary N) is 1. The van der Waals surface area contributed by atoms with E-state index in [0.717, 1.165) is 16.9 Å². The molecule has 2 atom stereocenters. The first-order valence-corrected chi connectivity index (χ1v) is 8.95. The summed E-state index contributed by atoms with van der Waals surface area (Å²) in [6, 6.07) is 28.1. The third-order valence-corrected chi connectivity index (χ3v) is 4.43. The Balaban J connectivity index is 1.49. The Hall–Kier alpha value is -2.62. The molecule has 0 radical (unpaired) electrons. The number of ether oxygens (including phenoxy) is 1. The fourth-order valence-corrected chi connectivity index (χ4v) is 2.79. The number of benzene rings is 3. The molecule has 0 amide bonds. The zero-order valence-electron chi connectivity index (χ0n) is 15.0. The standard InChI is InChI=1S/C23H25NO2/c1-18(20-10-6-3-7-11-20)24-16-23(25)21-12-14-22(15-13-21)26-17-19-8-4-2-5-9-19/h2-15,18,23-25H,16-17H2,1H3/t18-,23+/m0/s1. The SMILES string of the molecule is C[C@H](NC[C@@H](O)c1ccc(OCc2ccccc2)cc1)c1ccccc1. The molecule has 0 aliphatic heterocycles. The highest BCUT2D eigenvalue weighted by atomic mass is 16.5. The fraction of sp³-hybridized carbons (Fsp3) is 0.217. The molecule has 0 bridgehead atoms. The van der Waals surface area contributed by atoms with Gasteiger partial charge in [0.25, 0.3) is 0 Å². The topological polar surface area (TPSA) is 41.5 Å². The van der Waals surface area contributed by atoms with Gasteiger partial charge in [-0.1, -0.05) is 72.8 Å². The molecule has 0 aliphatic rings. The summed E-state index contributed by atoms with van der Waals surface area (Å²) in [7, 11) is 0. The maximum Gasteiger partial charge on any atom is 0.119 e. The van der Waals surface area contributed by atoms with Crippen LogP contribution in [0.4, 0.5) is 0 Å². The van der Waals surface area contributed by atoms with Crippen molar-refractivity contribution in [3.8, 4) is 5.75 Å². The molecule has 0 aliphatic carbocycles. The van der Waals surface area contributed by atoms with Crippen molar-refractivity contribution in [3.05, 3.63) is 102 Å². The maximum absolute atomic E-state index is 10.4. The van der Waals surface area contributed by atoms with Gasteiger partial charge in [-0.05, 0) is 35.7 Å². The number of rotatable bonds is 8. The van der Waals surface area contributed by atoms with E-state index in [1.807, 2.05) is 72.8 Å². The molecular weight excluding hydrogens is 322 g/mol. The number of aliphatic hydroxyl groups is 1. The molecule has 0 saturated heterocycles. The summed E-state index contributed by atoms with van der Waals surface area (Å²) in [6.07, 6.45) is -0.552. The van der Waals surface area contributed by atoms with Gasteiger partial charge in [0.15, 0.2) is 0 Å². The summed E-state index contributed by atoms with van der Waals surface area (Å²) in [6.45, 7) is 3.14. The second-order valence-corrected chi connectivity index (χ2v) is 6.40. The first kappa shape index (κ1) is 18.2. The van der Waals surface area contributed by atoms with E-state index in [1.165, 1.54) is 5.56 Å². The fourth-order valence-electron chi connectivity index (χ4n) is 2.79. The monoisotopic (exact) mass is 347 g/mol. The Morgan fingerprint density at radius 1 is 0.808 bits per heavy atom. The second-order valence-electron chi connectivity index (χ2n) is 6.40. The quantitative estimate of drug-likeness (QED) is 0.623. The van der Waals surface area contributed by atoms with E-state index >= 15 is 0 Å². The molecule has 3 nitrogen and oxygen atoms in total. The van der Waals surface area contributed by atoms with Gasteiger partial charge in [0.2, 0.25) is 0 Å². The van der Waals surface area contributed by atoms with Crippen LogP contribution in [-0.2, 0) is 6.61 Å². The van der Waals surface area contributed by atoms with Gasteiger partial charge in [-0.3, -0.25) is 0 Å². The highest BCUT2D eigenvalue weighted by Crippen LogP contribution is 2.19. The van der Waals surface area contributed by atoms with Crippen molar-refractivity contribution in [1.82, 2.24) is 5.32 Å².